The van der Waals surface area contributed by atoms with Crippen LogP contribution in [-0.4, -0.2) is 43.3 Å². The van der Waals surface area contributed by atoms with Crippen LogP contribution in [0, 0.1) is 20.8 Å². The van der Waals surface area contributed by atoms with E-state index in [4.69, 9.17) is 0 Å². The van der Waals surface area contributed by atoms with Crippen LogP contribution in [0.1, 0.15) is 48.6 Å². The number of anilines is 1. The number of aryl methyl sites for hydroxylation is 2. The van der Waals surface area contributed by atoms with Crippen molar-refractivity contribution in [3.8, 4) is 0 Å². The zero-order valence-corrected chi connectivity index (χ0v) is 27.8. The lowest BCUT2D eigenvalue weighted by atomic mass is 10.0. The zero-order valence-electron chi connectivity index (χ0n) is 26.9. The lowest BCUT2D eigenvalue weighted by Crippen LogP contribution is -2.56. The zero-order chi connectivity index (χ0) is 32.8. The number of hydrogen-bond acceptors (Lipinski definition) is 4. The molecule has 0 heterocycles. The fourth-order valence-corrected chi connectivity index (χ4v) is 6.62. The van der Waals surface area contributed by atoms with Gasteiger partial charge in [-0.3, -0.25) is 13.9 Å². The Labute approximate surface area is 268 Å². The first kappa shape index (κ1) is 33.5. The van der Waals surface area contributed by atoms with Crippen molar-refractivity contribution in [1.29, 1.82) is 0 Å². The molecule has 0 radical (unpaired) electrons. The van der Waals surface area contributed by atoms with Crippen LogP contribution >= 0.6 is 0 Å². The second-order valence-electron chi connectivity index (χ2n) is 12.5. The van der Waals surface area contributed by atoms with E-state index >= 15 is 0 Å². The maximum atomic E-state index is 14.6. The molecule has 0 aliphatic rings. The Morgan fingerprint density at radius 2 is 1.33 bits per heavy atom. The van der Waals surface area contributed by atoms with Gasteiger partial charge in [-0.25, -0.2) is 8.42 Å². The molecule has 4 aromatic carbocycles. The maximum absolute atomic E-state index is 14.6. The van der Waals surface area contributed by atoms with Crippen LogP contribution in [0.25, 0.3) is 0 Å². The molecule has 4 rings (SSSR count). The normalized spacial score (nSPS) is 12.3. The summed E-state index contributed by atoms with van der Waals surface area (Å²) in [4.78, 5) is 30.2. The van der Waals surface area contributed by atoms with Crippen LogP contribution in [0.15, 0.2) is 108 Å². The lowest BCUT2D eigenvalue weighted by molar-refractivity contribution is -0.140. The quantitative estimate of drug-likeness (QED) is 0.210. The van der Waals surface area contributed by atoms with Gasteiger partial charge >= 0.3 is 0 Å². The third-order valence-corrected chi connectivity index (χ3v) is 9.47. The van der Waals surface area contributed by atoms with Crippen molar-refractivity contribution >= 4 is 27.5 Å². The van der Waals surface area contributed by atoms with E-state index in [1.54, 1.807) is 36.4 Å². The molecule has 0 aromatic heterocycles. The summed E-state index contributed by atoms with van der Waals surface area (Å²) in [5.41, 5.74) is 4.16. The molecule has 0 spiro atoms. The smallest absolute Gasteiger partial charge is 0.264 e. The molecule has 1 N–H and O–H groups in total. The third-order valence-electron chi connectivity index (χ3n) is 7.70. The van der Waals surface area contributed by atoms with Gasteiger partial charge in [0.25, 0.3) is 10.0 Å². The molecular weight excluding hydrogens is 582 g/mol. The molecule has 0 fully saturated rings. The molecule has 0 bridgehead atoms. The topological polar surface area (TPSA) is 86.8 Å². The van der Waals surface area contributed by atoms with Crippen molar-refractivity contribution in [2.45, 2.75) is 71.0 Å². The van der Waals surface area contributed by atoms with Gasteiger partial charge in [0.15, 0.2) is 0 Å². The second kappa shape index (κ2) is 14.1. The fraction of sp³-hybridized carbons (Fsp3) is 0.297. The number of carbonyl (C=O) groups excluding carboxylic acids is 2. The van der Waals surface area contributed by atoms with Crippen LogP contribution in [-0.2, 0) is 32.6 Å². The highest BCUT2D eigenvalue weighted by Gasteiger charge is 2.36. The minimum absolute atomic E-state index is 0.0859. The molecule has 1 atom stereocenters. The Hall–Kier alpha value is -4.43. The van der Waals surface area contributed by atoms with Crippen molar-refractivity contribution in [3.63, 3.8) is 0 Å². The summed E-state index contributed by atoms with van der Waals surface area (Å²) in [6.07, 6.45) is 0.259. The molecule has 236 valence electrons. The largest absolute Gasteiger partial charge is 0.350 e. The van der Waals surface area contributed by atoms with Crippen LogP contribution in [0.2, 0.25) is 0 Å². The summed E-state index contributed by atoms with van der Waals surface area (Å²) >= 11 is 0. The van der Waals surface area contributed by atoms with E-state index in [1.165, 1.54) is 9.21 Å². The number of sulfonamides is 1. The Morgan fingerprint density at radius 1 is 0.756 bits per heavy atom. The van der Waals surface area contributed by atoms with E-state index in [-0.39, 0.29) is 23.8 Å². The highest BCUT2D eigenvalue weighted by molar-refractivity contribution is 7.92. The van der Waals surface area contributed by atoms with Gasteiger partial charge in [-0.05, 0) is 82.0 Å². The highest BCUT2D eigenvalue weighted by atomic mass is 32.2. The number of hydrogen-bond donors (Lipinski definition) is 1. The van der Waals surface area contributed by atoms with E-state index < -0.39 is 34.1 Å². The summed E-state index contributed by atoms with van der Waals surface area (Å²) in [5, 5.41) is 3.06. The average molecular weight is 626 g/mol. The third kappa shape index (κ3) is 8.60. The molecule has 7 nitrogen and oxygen atoms in total. The minimum Gasteiger partial charge on any atom is -0.350 e. The van der Waals surface area contributed by atoms with Crippen LogP contribution in [0.4, 0.5) is 5.69 Å². The van der Waals surface area contributed by atoms with Gasteiger partial charge in [-0.15, -0.1) is 0 Å². The standard InChI is InChI=1S/C37H43N3O4S/c1-27-20-22-32(23-21-27)45(43,44)40(33-19-13-14-28(2)29(33)3)26-35(41)39(25-31-17-11-8-12-18-31)34(36(42)38-37(4,5)6)24-30-15-9-7-10-16-30/h7-23,34H,24-26H2,1-6H3,(H,38,42)/t34-/m0/s1. The molecule has 0 saturated heterocycles. The summed E-state index contributed by atoms with van der Waals surface area (Å²) in [5.74, 6) is -0.796. The number of nitrogens with one attached hydrogen (secondary N) is 1. The van der Waals surface area contributed by atoms with Crippen molar-refractivity contribution in [1.82, 2.24) is 10.2 Å². The highest BCUT2D eigenvalue weighted by Crippen LogP contribution is 2.29. The average Bonchev–Trinajstić information content (AvgIpc) is 2.99. The van der Waals surface area contributed by atoms with E-state index in [0.717, 1.165) is 27.8 Å². The van der Waals surface area contributed by atoms with Crippen LogP contribution < -0.4 is 9.62 Å². The first-order valence-electron chi connectivity index (χ1n) is 15.1. The van der Waals surface area contributed by atoms with E-state index in [1.807, 2.05) is 108 Å². The van der Waals surface area contributed by atoms with Gasteiger partial charge in [0.1, 0.15) is 12.6 Å². The maximum Gasteiger partial charge on any atom is 0.264 e. The predicted octanol–water partition coefficient (Wildman–Crippen LogP) is 6.36. The molecule has 8 heteroatoms. The monoisotopic (exact) mass is 625 g/mol. The SMILES string of the molecule is Cc1ccc(S(=O)(=O)N(CC(=O)N(Cc2ccccc2)[C@@H](Cc2ccccc2)C(=O)NC(C)(C)C)c2cccc(C)c2C)cc1. The summed E-state index contributed by atoms with van der Waals surface area (Å²) in [6, 6.07) is 30.1. The van der Waals surface area contributed by atoms with E-state index in [2.05, 4.69) is 5.32 Å². The van der Waals surface area contributed by atoms with Gasteiger partial charge in [-0.2, -0.15) is 0 Å². The first-order valence-corrected chi connectivity index (χ1v) is 16.6. The van der Waals surface area contributed by atoms with Crippen LogP contribution in [0.3, 0.4) is 0 Å². The molecule has 2 amide bonds. The van der Waals surface area contributed by atoms with Gasteiger partial charge in [0.2, 0.25) is 11.8 Å². The molecule has 4 aromatic rings. The number of nitrogens with zero attached hydrogens (tertiary/aromatic N) is 2. The van der Waals surface area contributed by atoms with Gasteiger partial charge in [-0.1, -0.05) is 90.5 Å². The minimum atomic E-state index is -4.16. The van der Waals surface area contributed by atoms with Crippen molar-refractivity contribution in [2.24, 2.45) is 0 Å². The second-order valence-corrected chi connectivity index (χ2v) is 14.4. The van der Waals surface area contributed by atoms with Gasteiger partial charge in [0.05, 0.1) is 10.6 Å². The predicted molar refractivity (Wildman–Crippen MR) is 180 cm³/mol. The Bertz CT molecular complexity index is 1720. The Kier molecular flexibility index (Phi) is 10.5. The van der Waals surface area contributed by atoms with E-state index in [9.17, 15) is 18.0 Å². The summed E-state index contributed by atoms with van der Waals surface area (Å²) in [6.45, 7) is 11.0. The number of rotatable bonds is 11. The van der Waals surface area contributed by atoms with Crippen molar-refractivity contribution in [3.05, 3.63) is 131 Å². The Balaban J connectivity index is 1.83. The van der Waals surface area contributed by atoms with Gasteiger partial charge in [0, 0.05) is 18.5 Å². The van der Waals surface area contributed by atoms with Crippen molar-refractivity contribution in [2.75, 3.05) is 10.8 Å². The molecule has 0 unspecified atom stereocenters. The first-order chi connectivity index (χ1) is 21.3. The molecule has 0 aliphatic carbocycles. The van der Waals surface area contributed by atoms with E-state index in [0.29, 0.717) is 5.69 Å². The van der Waals surface area contributed by atoms with Crippen molar-refractivity contribution < 1.29 is 18.0 Å². The summed E-state index contributed by atoms with van der Waals surface area (Å²) in [7, 11) is -4.16. The molecule has 45 heavy (non-hydrogen) atoms. The summed E-state index contributed by atoms with van der Waals surface area (Å²) < 4.78 is 29.7. The lowest BCUT2D eigenvalue weighted by Gasteiger charge is -2.35. The number of benzene rings is 4. The Morgan fingerprint density at radius 3 is 1.91 bits per heavy atom. The van der Waals surface area contributed by atoms with Gasteiger partial charge < -0.3 is 10.2 Å². The molecular formula is C37H43N3O4S. The fourth-order valence-electron chi connectivity index (χ4n) is 5.14. The molecule has 0 saturated carbocycles. The van der Waals surface area contributed by atoms with Crippen LogP contribution in [0.5, 0.6) is 0 Å². The molecule has 0 aliphatic heterocycles. The number of carbonyl (C=O) groups is 2. The number of amides is 2.